The van der Waals surface area contributed by atoms with Crippen molar-refractivity contribution in [3.8, 4) is 0 Å². The van der Waals surface area contributed by atoms with Crippen LogP contribution >= 0.6 is 0 Å². The van der Waals surface area contributed by atoms with Gasteiger partial charge in [0.15, 0.2) is 0 Å². The van der Waals surface area contributed by atoms with E-state index in [2.05, 4.69) is 43.5 Å². The number of nitrogens with one attached hydrogen (secondary N) is 2. The minimum absolute atomic E-state index is 0.000500. The van der Waals surface area contributed by atoms with Crippen LogP contribution in [0, 0.1) is 6.92 Å². The van der Waals surface area contributed by atoms with E-state index in [1.54, 1.807) is 14.1 Å². The number of hydrogen-bond donors (Lipinski definition) is 2. The first-order chi connectivity index (χ1) is 10.2. The van der Waals surface area contributed by atoms with Crippen LogP contribution < -0.4 is 10.6 Å². The molecule has 0 bridgehead atoms. The quantitative estimate of drug-likeness (QED) is 0.845. The average molecular weight is 305 g/mol. The van der Waals surface area contributed by atoms with Gasteiger partial charge in [-0.3, -0.25) is 4.79 Å². The molecule has 2 N–H and O–H groups in total. The zero-order valence-corrected chi connectivity index (χ0v) is 14.2. The van der Waals surface area contributed by atoms with Gasteiger partial charge in [0.1, 0.15) is 0 Å². The van der Waals surface area contributed by atoms with Gasteiger partial charge in [0.25, 0.3) is 0 Å². The van der Waals surface area contributed by atoms with Crippen molar-refractivity contribution in [1.29, 1.82) is 0 Å². The van der Waals surface area contributed by atoms with Crippen LogP contribution in [0.25, 0.3) is 0 Å². The molecule has 0 unspecified atom stereocenters. The number of aryl methyl sites for hydroxylation is 1. The molecule has 1 aromatic carbocycles. The second kappa shape index (κ2) is 7.82. The van der Waals surface area contributed by atoms with Crippen molar-refractivity contribution in [1.82, 2.24) is 15.5 Å². The van der Waals surface area contributed by atoms with Gasteiger partial charge in [-0.1, -0.05) is 38.1 Å². The molecule has 0 radical (unpaired) electrons. The van der Waals surface area contributed by atoms with Gasteiger partial charge in [0.05, 0.1) is 0 Å². The van der Waals surface area contributed by atoms with E-state index in [1.165, 1.54) is 16.0 Å². The molecular weight excluding hydrogens is 278 g/mol. The van der Waals surface area contributed by atoms with E-state index in [0.29, 0.717) is 19.5 Å². The smallest absolute Gasteiger partial charge is 0.314 e. The van der Waals surface area contributed by atoms with Crippen LogP contribution in [0.3, 0.4) is 0 Å². The van der Waals surface area contributed by atoms with E-state index in [-0.39, 0.29) is 17.4 Å². The van der Waals surface area contributed by atoms with Crippen LogP contribution in [0.1, 0.15) is 31.4 Å². The molecule has 3 amide bonds. The van der Waals surface area contributed by atoms with E-state index in [1.807, 2.05) is 12.1 Å². The predicted molar refractivity (Wildman–Crippen MR) is 88.9 cm³/mol. The first-order valence-corrected chi connectivity index (χ1v) is 7.52. The number of rotatable bonds is 6. The lowest BCUT2D eigenvalue weighted by atomic mass is 9.82. The molecule has 5 heteroatoms. The summed E-state index contributed by atoms with van der Waals surface area (Å²) in [6.07, 6.45) is 0.307. The van der Waals surface area contributed by atoms with Crippen LogP contribution in [-0.4, -0.2) is 44.0 Å². The molecule has 0 aromatic heterocycles. The summed E-state index contributed by atoms with van der Waals surface area (Å²) in [4.78, 5) is 24.7. The van der Waals surface area contributed by atoms with Crippen molar-refractivity contribution in [2.45, 2.75) is 32.6 Å². The SMILES string of the molecule is Cc1ccccc1C(C)(C)CNC(=O)NCCC(=O)N(C)C. The molecule has 1 rings (SSSR count). The Hall–Kier alpha value is -2.04. The molecule has 0 fully saturated rings. The number of urea groups is 1. The lowest BCUT2D eigenvalue weighted by Crippen LogP contribution is -2.43. The largest absolute Gasteiger partial charge is 0.349 e. The van der Waals surface area contributed by atoms with Crippen molar-refractivity contribution in [3.63, 3.8) is 0 Å². The maximum Gasteiger partial charge on any atom is 0.314 e. The number of nitrogens with zero attached hydrogens (tertiary/aromatic N) is 1. The van der Waals surface area contributed by atoms with Crippen LogP contribution in [0.15, 0.2) is 24.3 Å². The first kappa shape index (κ1) is 18.0. The Morgan fingerprint density at radius 3 is 2.36 bits per heavy atom. The highest BCUT2D eigenvalue weighted by Crippen LogP contribution is 2.25. The molecule has 0 heterocycles. The molecule has 0 spiro atoms. The predicted octanol–water partition coefficient (Wildman–Crippen LogP) is 2.05. The van der Waals surface area contributed by atoms with Crippen molar-refractivity contribution in [3.05, 3.63) is 35.4 Å². The second-order valence-corrected chi connectivity index (χ2v) is 6.35. The van der Waals surface area contributed by atoms with Crippen LogP contribution in [0.4, 0.5) is 4.79 Å². The Kier molecular flexibility index (Phi) is 6.40. The van der Waals surface area contributed by atoms with E-state index in [9.17, 15) is 9.59 Å². The molecule has 122 valence electrons. The fourth-order valence-corrected chi connectivity index (χ4v) is 2.30. The van der Waals surface area contributed by atoms with Crippen LogP contribution in [0.5, 0.6) is 0 Å². The highest BCUT2D eigenvalue weighted by Gasteiger charge is 2.22. The topological polar surface area (TPSA) is 61.4 Å². The molecule has 1 aromatic rings. The van der Waals surface area contributed by atoms with Crippen molar-refractivity contribution in [2.24, 2.45) is 0 Å². The third kappa shape index (κ3) is 5.39. The van der Waals surface area contributed by atoms with Gasteiger partial charge < -0.3 is 15.5 Å². The number of carbonyl (C=O) groups excluding carboxylic acids is 2. The third-order valence-electron chi connectivity index (χ3n) is 3.69. The lowest BCUT2D eigenvalue weighted by Gasteiger charge is -2.27. The molecule has 0 aliphatic rings. The fraction of sp³-hybridized carbons (Fsp3) is 0.529. The molecule has 0 saturated heterocycles. The molecule has 0 aliphatic carbocycles. The molecule has 0 saturated carbocycles. The summed E-state index contributed by atoms with van der Waals surface area (Å²) in [6.45, 7) is 7.15. The Morgan fingerprint density at radius 2 is 1.77 bits per heavy atom. The summed E-state index contributed by atoms with van der Waals surface area (Å²) in [7, 11) is 3.40. The van der Waals surface area contributed by atoms with Gasteiger partial charge in [0, 0.05) is 39.0 Å². The number of amides is 3. The first-order valence-electron chi connectivity index (χ1n) is 7.52. The van der Waals surface area contributed by atoms with Crippen molar-refractivity contribution < 1.29 is 9.59 Å². The minimum atomic E-state index is -0.242. The van der Waals surface area contributed by atoms with Gasteiger partial charge in [-0.05, 0) is 18.1 Å². The van der Waals surface area contributed by atoms with Gasteiger partial charge >= 0.3 is 6.03 Å². The molecule has 0 aliphatic heterocycles. The summed E-state index contributed by atoms with van der Waals surface area (Å²) >= 11 is 0. The van der Waals surface area contributed by atoms with Crippen LogP contribution in [-0.2, 0) is 10.2 Å². The maximum absolute atomic E-state index is 11.8. The Bertz CT molecular complexity index is 524. The average Bonchev–Trinajstić information content (AvgIpc) is 2.45. The zero-order valence-electron chi connectivity index (χ0n) is 14.2. The number of hydrogen-bond acceptors (Lipinski definition) is 2. The standard InChI is InChI=1S/C17H27N3O2/c1-13-8-6-7-9-14(13)17(2,3)12-19-16(22)18-11-10-15(21)20(4)5/h6-9H,10-12H2,1-5H3,(H2,18,19,22). The summed E-state index contributed by atoms with van der Waals surface area (Å²) < 4.78 is 0. The summed E-state index contributed by atoms with van der Waals surface area (Å²) in [5.41, 5.74) is 2.28. The zero-order chi connectivity index (χ0) is 16.8. The summed E-state index contributed by atoms with van der Waals surface area (Å²) in [5.74, 6) is 0.000500. The molecular formula is C17H27N3O2. The Morgan fingerprint density at radius 1 is 1.14 bits per heavy atom. The summed E-state index contributed by atoms with van der Waals surface area (Å²) in [6, 6.07) is 7.94. The van der Waals surface area contributed by atoms with Crippen molar-refractivity contribution >= 4 is 11.9 Å². The molecule has 5 nitrogen and oxygen atoms in total. The van der Waals surface area contributed by atoms with E-state index in [4.69, 9.17) is 0 Å². The Balaban J connectivity index is 2.43. The number of carbonyl (C=O) groups is 2. The third-order valence-corrected chi connectivity index (χ3v) is 3.69. The molecule has 0 atom stereocenters. The monoisotopic (exact) mass is 305 g/mol. The maximum atomic E-state index is 11.8. The molecule has 22 heavy (non-hydrogen) atoms. The Labute approximate surface area is 133 Å². The summed E-state index contributed by atoms with van der Waals surface area (Å²) in [5, 5.41) is 5.59. The van der Waals surface area contributed by atoms with Gasteiger partial charge in [-0.15, -0.1) is 0 Å². The normalized spacial score (nSPS) is 11.0. The lowest BCUT2D eigenvalue weighted by molar-refractivity contribution is -0.128. The van der Waals surface area contributed by atoms with Crippen molar-refractivity contribution in [2.75, 3.05) is 27.2 Å². The van der Waals surface area contributed by atoms with Gasteiger partial charge in [-0.25, -0.2) is 4.79 Å². The van der Waals surface area contributed by atoms with Gasteiger partial charge in [0.2, 0.25) is 5.91 Å². The van der Waals surface area contributed by atoms with E-state index in [0.717, 1.165) is 0 Å². The van der Waals surface area contributed by atoms with E-state index < -0.39 is 0 Å². The van der Waals surface area contributed by atoms with Crippen LogP contribution in [0.2, 0.25) is 0 Å². The van der Waals surface area contributed by atoms with Gasteiger partial charge in [-0.2, -0.15) is 0 Å². The minimum Gasteiger partial charge on any atom is -0.349 e. The second-order valence-electron chi connectivity index (χ2n) is 6.35. The highest BCUT2D eigenvalue weighted by molar-refractivity contribution is 5.77. The van der Waals surface area contributed by atoms with E-state index >= 15 is 0 Å². The number of benzene rings is 1. The highest BCUT2D eigenvalue weighted by atomic mass is 16.2. The fourth-order valence-electron chi connectivity index (χ4n) is 2.30.